The second-order valence-corrected chi connectivity index (χ2v) is 7.66. The lowest BCUT2D eigenvalue weighted by molar-refractivity contribution is 0.171. The molecule has 0 radical (unpaired) electrons. The molecule has 8 heteroatoms. The van der Waals surface area contributed by atoms with E-state index in [4.69, 9.17) is 9.47 Å². The van der Waals surface area contributed by atoms with Gasteiger partial charge in [-0.05, 0) is 30.7 Å². The zero-order valence-electron chi connectivity index (χ0n) is 14.7. The molecule has 1 aromatic carbocycles. The quantitative estimate of drug-likeness (QED) is 0.687. The number of aromatic nitrogens is 1. The highest BCUT2D eigenvalue weighted by Crippen LogP contribution is 2.32. The summed E-state index contributed by atoms with van der Waals surface area (Å²) in [6.07, 6.45) is 4.91. The van der Waals surface area contributed by atoms with E-state index >= 15 is 0 Å². The standard InChI is InChI=1S/C18H23N3O4S/c1-2-3-4-9-19-18-8-5-14(13-20-18)21-26(22,23)15-6-7-16-17(12-15)25-11-10-24-16/h5-8,12-13,21H,2-4,9-11H2,1H3,(H,19,20). The lowest BCUT2D eigenvalue weighted by atomic mass is 10.2. The van der Waals surface area contributed by atoms with E-state index < -0.39 is 10.0 Å². The molecule has 0 atom stereocenters. The Kier molecular flexibility index (Phi) is 5.82. The highest BCUT2D eigenvalue weighted by molar-refractivity contribution is 7.92. The summed E-state index contributed by atoms with van der Waals surface area (Å²) in [5.74, 6) is 1.71. The molecule has 0 bridgehead atoms. The first-order valence-electron chi connectivity index (χ1n) is 8.71. The maximum atomic E-state index is 12.6. The van der Waals surface area contributed by atoms with Crippen molar-refractivity contribution in [3.8, 4) is 11.5 Å². The molecule has 0 unspecified atom stereocenters. The summed E-state index contributed by atoms with van der Waals surface area (Å²) < 4.78 is 38.5. The van der Waals surface area contributed by atoms with Gasteiger partial charge in [0, 0.05) is 12.6 Å². The summed E-state index contributed by atoms with van der Waals surface area (Å²) >= 11 is 0. The Bertz CT molecular complexity index is 838. The van der Waals surface area contributed by atoms with Crippen LogP contribution in [0.1, 0.15) is 26.2 Å². The van der Waals surface area contributed by atoms with Gasteiger partial charge in [0.1, 0.15) is 19.0 Å². The summed E-state index contributed by atoms with van der Waals surface area (Å²) in [6, 6.07) is 8.00. The number of hydrogen-bond acceptors (Lipinski definition) is 6. The summed E-state index contributed by atoms with van der Waals surface area (Å²) in [6.45, 7) is 3.87. The van der Waals surface area contributed by atoms with Crippen LogP contribution < -0.4 is 19.5 Å². The second kappa shape index (κ2) is 8.27. The monoisotopic (exact) mass is 377 g/mol. The first kappa shape index (κ1) is 18.3. The minimum atomic E-state index is -3.73. The van der Waals surface area contributed by atoms with Crippen molar-refractivity contribution in [3.63, 3.8) is 0 Å². The molecular weight excluding hydrogens is 354 g/mol. The summed E-state index contributed by atoms with van der Waals surface area (Å²) in [5.41, 5.74) is 0.402. The van der Waals surface area contributed by atoms with Crippen LogP contribution in [-0.2, 0) is 10.0 Å². The molecule has 1 aromatic heterocycles. The number of pyridine rings is 1. The average Bonchev–Trinajstić information content (AvgIpc) is 2.66. The predicted molar refractivity (Wildman–Crippen MR) is 100 cm³/mol. The Hall–Kier alpha value is -2.48. The molecule has 2 aromatic rings. The van der Waals surface area contributed by atoms with Gasteiger partial charge in [-0.2, -0.15) is 0 Å². The lowest BCUT2D eigenvalue weighted by Gasteiger charge is -2.19. The molecule has 3 rings (SSSR count). The number of ether oxygens (including phenoxy) is 2. The van der Waals surface area contributed by atoms with Gasteiger partial charge in [0.2, 0.25) is 0 Å². The fourth-order valence-electron chi connectivity index (χ4n) is 2.56. The molecule has 2 N–H and O–H groups in total. The van der Waals surface area contributed by atoms with E-state index in [2.05, 4.69) is 21.9 Å². The van der Waals surface area contributed by atoms with Crippen LogP contribution in [0.15, 0.2) is 41.4 Å². The third kappa shape index (κ3) is 4.57. The number of unbranched alkanes of at least 4 members (excludes halogenated alkanes) is 2. The van der Waals surface area contributed by atoms with Crippen LogP contribution >= 0.6 is 0 Å². The average molecular weight is 377 g/mol. The highest BCUT2D eigenvalue weighted by atomic mass is 32.2. The van der Waals surface area contributed by atoms with Crippen LogP contribution in [0.3, 0.4) is 0 Å². The van der Waals surface area contributed by atoms with Crippen molar-refractivity contribution >= 4 is 21.5 Å². The van der Waals surface area contributed by atoms with E-state index in [1.165, 1.54) is 24.8 Å². The van der Waals surface area contributed by atoms with Crippen molar-refractivity contribution in [3.05, 3.63) is 36.5 Å². The van der Waals surface area contributed by atoms with Crippen LogP contribution in [0.2, 0.25) is 0 Å². The Labute approximate surface area is 153 Å². The maximum absolute atomic E-state index is 12.6. The molecule has 0 spiro atoms. The maximum Gasteiger partial charge on any atom is 0.262 e. The highest BCUT2D eigenvalue weighted by Gasteiger charge is 2.19. The molecule has 0 saturated carbocycles. The molecule has 0 fully saturated rings. The third-order valence-corrected chi connectivity index (χ3v) is 5.31. The molecule has 0 saturated heterocycles. The van der Waals surface area contributed by atoms with Crippen molar-refractivity contribution in [2.45, 2.75) is 31.1 Å². The predicted octanol–water partition coefficient (Wildman–Crippen LogP) is 3.26. The van der Waals surface area contributed by atoms with Gasteiger partial charge < -0.3 is 14.8 Å². The number of fused-ring (bicyclic) bond motifs is 1. The van der Waals surface area contributed by atoms with Crippen LogP contribution in [0.5, 0.6) is 11.5 Å². The van der Waals surface area contributed by atoms with Crippen molar-refractivity contribution in [2.75, 3.05) is 29.8 Å². The molecule has 0 amide bonds. The molecule has 140 valence electrons. The minimum Gasteiger partial charge on any atom is -0.486 e. The van der Waals surface area contributed by atoms with Gasteiger partial charge in [0.05, 0.1) is 16.8 Å². The van der Waals surface area contributed by atoms with Crippen LogP contribution in [0.25, 0.3) is 0 Å². The van der Waals surface area contributed by atoms with Crippen molar-refractivity contribution < 1.29 is 17.9 Å². The Morgan fingerprint density at radius 1 is 1.08 bits per heavy atom. The topological polar surface area (TPSA) is 89.5 Å². The summed E-state index contributed by atoms with van der Waals surface area (Å²) in [5, 5.41) is 3.22. The summed E-state index contributed by atoms with van der Waals surface area (Å²) in [7, 11) is -3.73. The van der Waals surface area contributed by atoms with E-state index in [1.807, 2.05) is 0 Å². The van der Waals surface area contributed by atoms with Crippen molar-refractivity contribution in [2.24, 2.45) is 0 Å². The lowest BCUT2D eigenvalue weighted by Crippen LogP contribution is -2.17. The number of anilines is 2. The molecule has 0 aliphatic carbocycles. The first-order chi connectivity index (χ1) is 12.6. The molecule has 7 nitrogen and oxygen atoms in total. The zero-order chi connectivity index (χ0) is 18.4. The third-order valence-electron chi connectivity index (χ3n) is 3.93. The fourth-order valence-corrected chi connectivity index (χ4v) is 3.61. The minimum absolute atomic E-state index is 0.114. The fraction of sp³-hybridized carbons (Fsp3) is 0.389. The Balaban J connectivity index is 1.65. The number of sulfonamides is 1. The van der Waals surface area contributed by atoms with E-state index in [0.29, 0.717) is 30.4 Å². The number of benzene rings is 1. The molecule has 1 aliphatic rings. The molecule has 1 aliphatic heterocycles. The van der Waals surface area contributed by atoms with Gasteiger partial charge in [-0.1, -0.05) is 19.8 Å². The van der Waals surface area contributed by atoms with Gasteiger partial charge in [-0.15, -0.1) is 0 Å². The Morgan fingerprint density at radius 3 is 2.62 bits per heavy atom. The molecule has 26 heavy (non-hydrogen) atoms. The van der Waals surface area contributed by atoms with E-state index in [0.717, 1.165) is 25.2 Å². The van der Waals surface area contributed by atoms with Gasteiger partial charge >= 0.3 is 0 Å². The van der Waals surface area contributed by atoms with E-state index in [1.54, 1.807) is 18.2 Å². The molecule has 2 heterocycles. The van der Waals surface area contributed by atoms with E-state index in [9.17, 15) is 8.42 Å². The number of hydrogen-bond donors (Lipinski definition) is 2. The van der Waals surface area contributed by atoms with E-state index in [-0.39, 0.29) is 4.90 Å². The largest absolute Gasteiger partial charge is 0.486 e. The van der Waals surface area contributed by atoms with Crippen molar-refractivity contribution in [1.82, 2.24) is 4.98 Å². The normalized spacial score (nSPS) is 13.3. The van der Waals surface area contributed by atoms with Gasteiger partial charge in [-0.3, -0.25) is 4.72 Å². The van der Waals surface area contributed by atoms with Gasteiger partial charge in [-0.25, -0.2) is 13.4 Å². The molecular formula is C18H23N3O4S. The van der Waals surface area contributed by atoms with Crippen LogP contribution in [-0.4, -0.2) is 33.2 Å². The second-order valence-electron chi connectivity index (χ2n) is 5.98. The Morgan fingerprint density at radius 2 is 1.88 bits per heavy atom. The number of nitrogens with one attached hydrogen (secondary N) is 2. The summed E-state index contributed by atoms with van der Waals surface area (Å²) in [4.78, 5) is 4.36. The zero-order valence-corrected chi connectivity index (χ0v) is 15.5. The first-order valence-corrected chi connectivity index (χ1v) is 10.2. The van der Waals surface area contributed by atoms with Gasteiger partial charge in [0.25, 0.3) is 10.0 Å². The van der Waals surface area contributed by atoms with Gasteiger partial charge in [0.15, 0.2) is 11.5 Å². The van der Waals surface area contributed by atoms with Crippen LogP contribution in [0.4, 0.5) is 11.5 Å². The van der Waals surface area contributed by atoms with Crippen molar-refractivity contribution in [1.29, 1.82) is 0 Å². The van der Waals surface area contributed by atoms with Crippen LogP contribution in [0, 0.1) is 0 Å². The smallest absolute Gasteiger partial charge is 0.262 e. The number of nitrogens with zero attached hydrogens (tertiary/aromatic N) is 1. The number of rotatable bonds is 8. The SMILES string of the molecule is CCCCCNc1ccc(NS(=O)(=O)c2ccc3c(c2)OCCO3)cn1.